The predicted molar refractivity (Wildman–Crippen MR) is 111 cm³/mol. The Balaban J connectivity index is 1.41. The van der Waals surface area contributed by atoms with Gasteiger partial charge in [-0.25, -0.2) is 18.4 Å². The minimum absolute atomic E-state index is 0.111. The number of ether oxygens (including phenoxy) is 1. The summed E-state index contributed by atoms with van der Waals surface area (Å²) in [7, 11) is -2.83. The van der Waals surface area contributed by atoms with Gasteiger partial charge in [0, 0.05) is 30.6 Å². The summed E-state index contributed by atoms with van der Waals surface area (Å²) in [6.45, 7) is 6.37. The fourth-order valence-electron chi connectivity index (χ4n) is 4.15. The van der Waals surface area contributed by atoms with Crippen LogP contribution in [0.25, 0.3) is 10.9 Å². The third-order valence-electron chi connectivity index (χ3n) is 5.64. The lowest BCUT2D eigenvalue weighted by Crippen LogP contribution is -2.47. The van der Waals surface area contributed by atoms with Crippen LogP contribution < -0.4 is 15.0 Å². The largest absolute Gasteiger partial charge is 0.494 e. The molecule has 2 aromatic rings. The molecule has 1 aromatic heterocycles. The Hall–Kier alpha value is -1.93. The van der Waals surface area contributed by atoms with Crippen LogP contribution in [-0.2, 0) is 9.84 Å². The molecule has 2 aliphatic heterocycles. The van der Waals surface area contributed by atoms with Crippen LogP contribution in [0.1, 0.15) is 31.9 Å². The van der Waals surface area contributed by atoms with Crippen LogP contribution >= 0.6 is 0 Å². The molecule has 1 aromatic carbocycles. The highest BCUT2D eigenvalue weighted by Crippen LogP contribution is 2.25. The number of benzene rings is 1. The highest BCUT2D eigenvalue weighted by molar-refractivity contribution is 7.91. The van der Waals surface area contributed by atoms with Gasteiger partial charge in [0.1, 0.15) is 5.75 Å². The first-order valence-electron chi connectivity index (χ1n) is 10.1. The van der Waals surface area contributed by atoms with Gasteiger partial charge in [0.05, 0.1) is 29.3 Å². The van der Waals surface area contributed by atoms with E-state index < -0.39 is 9.84 Å². The summed E-state index contributed by atoms with van der Waals surface area (Å²) < 4.78 is 28.9. The first-order valence-corrected chi connectivity index (χ1v) is 11.9. The second-order valence-electron chi connectivity index (χ2n) is 7.75. The molecular formula is C20H28N4O3S. The summed E-state index contributed by atoms with van der Waals surface area (Å²) in [5, 5.41) is 4.57. The van der Waals surface area contributed by atoms with Gasteiger partial charge < -0.3 is 15.0 Å². The zero-order valence-corrected chi connectivity index (χ0v) is 17.3. The lowest BCUT2D eigenvalue weighted by molar-refractivity contribution is 0.340. The maximum Gasteiger partial charge on any atom is 0.226 e. The van der Waals surface area contributed by atoms with Gasteiger partial charge in [-0.15, -0.1) is 0 Å². The molecule has 0 spiro atoms. The number of piperidine rings is 1. The topological polar surface area (TPSA) is 84.4 Å². The Kier molecular flexibility index (Phi) is 5.42. The van der Waals surface area contributed by atoms with Crippen molar-refractivity contribution in [3.05, 3.63) is 23.9 Å². The number of rotatable bonds is 5. The number of anilines is 1. The molecule has 0 saturated carbocycles. The van der Waals surface area contributed by atoms with E-state index in [9.17, 15) is 8.42 Å². The lowest BCUT2D eigenvalue weighted by Gasteiger charge is -2.34. The monoisotopic (exact) mass is 404 g/mol. The quantitative estimate of drug-likeness (QED) is 0.817. The Labute approximate surface area is 166 Å². The number of nitrogens with one attached hydrogen (secondary N) is 1. The minimum atomic E-state index is -2.83. The highest BCUT2D eigenvalue weighted by Gasteiger charge is 2.30. The molecule has 0 aliphatic carbocycles. The lowest BCUT2D eigenvalue weighted by atomic mass is 10.0. The molecule has 0 bridgehead atoms. The van der Waals surface area contributed by atoms with Gasteiger partial charge in [0.25, 0.3) is 0 Å². The van der Waals surface area contributed by atoms with Crippen molar-refractivity contribution in [2.24, 2.45) is 0 Å². The van der Waals surface area contributed by atoms with Gasteiger partial charge in [-0.2, -0.15) is 0 Å². The van der Waals surface area contributed by atoms with Crippen molar-refractivity contribution >= 4 is 26.7 Å². The van der Waals surface area contributed by atoms with E-state index in [1.165, 1.54) is 0 Å². The van der Waals surface area contributed by atoms with E-state index in [1.54, 1.807) is 0 Å². The van der Waals surface area contributed by atoms with Crippen LogP contribution in [0.15, 0.2) is 18.2 Å². The van der Waals surface area contributed by atoms with E-state index in [2.05, 4.69) is 10.2 Å². The number of fused-ring (bicyclic) bond motifs is 1. The van der Waals surface area contributed by atoms with Crippen LogP contribution in [0.4, 0.5) is 5.95 Å². The molecule has 7 nitrogen and oxygen atoms in total. The van der Waals surface area contributed by atoms with Gasteiger partial charge in [0.2, 0.25) is 5.95 Å². The van der Waals surface area contributed by atoms with Crippen LogP contribution in [-0.4, -0.2) is 61.7 Å². The van der Waals surface area contributed by atoms with Crippen molar-refractivity contribution < 1.29 is 13.2 Å². The van der Waals surface area contributed by atoms with E-state index >= 15 is 0 Å². The fourth-order valence-corrected chi connectivity index (χ4v) is 5.84. The number of aryl methyl sites for hydroxylation is 1. The normalized spacial score (nSPS) is 22.6. The average molecular weight is 405 g/mol. The summed E-state index contributed by atoms with van der Waals surface area (Å²) in [6, 6.07) is 6.43. The highest BCUT2D eigenvalue weighted by atomic mass is 32.2. The summed E-state index contributed by atoms with van der Waals surface area (Å²) in [5.74, 6) is 2.22. The first kappa shape index (κ1) is 19.4. The van der Waals surface area contributed by atoms with Crippen molar-refractivity contribution in [2.45, 2.75) is 45.2 Å². The molecular weight excluding hydrogens is 376 g/mol. The molecule has 2 aliphatic rings. The van der Waals surface area contributed by atoms with E-state index in [-0.39, 0.29) is 11.8 Å². The van der Waals surface area contributed by atoms with Crippen LogP contribution in [0.5, 0.6) is 5.75 Å². The Morgan fingerprint density at radius 3 is 2.64 bits per heavy atom. The Morgan fingerprint density at radius 1 is 1.18 bits per heavy atom. The summed E-state index contributed by atoms with van der Waals surface area (Å²) in [4.78, 5) is 11.7. The Bertz CT molecular complexity index is 955. The number of hydrogen-bond donors (Lipinski definition) is 1. The molecule has 1 atom stereocenters. The number of aromatic nitrogens is 2. The third-order valence-corrected chi connectivity index (χ3v) is 7.41. The number of hydrogen-bond acceptors (Lipinski definition) is 7. The molecule has 3 heterocycles. The predicted octanol–water partition coefficient (Wildman–Crippen LogP) is 2.08. The van der Waals surface area contributed by atoms with Gasteiger partial charge in [-0.3, -0.25) is 0 Å². The zero-order chi connectivity index (χ0) is 19.7. The average Bonchev–Trinajstić information content (AvgIpc) is 3.01. The van der Waals surface area contributed by atoms with Crippen LogP contribution in [0, 0.1) is 6.92 Å². The van der Waals surface area contributed by atoms with Crippen molar-refractivity contribution in [1.29, 1.82) is 0 Å². The second kappa shape index (κ2) is 7.83. The molecule has 2 fully saturated rings. The van der Waals surface area contributed by atoms with Crippen molar-refractivity contribution in [2.75, 3.05) is 36.1 Å². The van der Waals surface area contributed by atoms with E-state index in [4.69, 9.17) is 14.7 Å². The van der Waals surface area contributed by atoms with Gasteiger partial charge in [-0.1, -0.05) is 0 Å². The van der Waals surface area contributed by atoms with Crippen LogP contribution in [0.3, 0.4) is 0 Å². The van der Waals surface area contributed by atoms with Gasteiger partial charge in [0.15, 0.2) is 9.84 Å². The summed E-state index contributed by atoms with van der Waals surface area (Å²) >= 11 is 0. The SMILES string of the molecule is CCOc1ccc2nc(N3CCC(NC4CCS(=O)(=O)C4)CC3)nc(C)c2c1. The second-order valence-corrected chi connectivity index (χ2v) is 9.98. The Morgan fingerprint density at radius 2 is 1.96 bits per heavy atom. The van der Waals surface area contributed by atoms with Crippen molar-refractivity contribution in [1.82, 2.24) is 15.3 Å². The standard InChI is InChI=1S/C20H28N4O3S/c1-3-27-17-4-5-19-18(12-17)14(2)21-20(23-19)24-9-6-15(7-10-24)22-16-8-11-28(25,26)13-16/h4-5,12,15-16,22H,3,6-11,13H2,1-2H3. The maximum absolute atomic E-state index is 11.6. The summed E-state index contributed by atoms with van der Waals surface area (Å²) in [6.07, 6.45) is 2.68. The molecule has 1 unspecified atom stereocenters. The number of sulfone groups is 1. The smallest absolute Gasteiger partial charge is 0.226 e. The minimum Gasteiger partial charge on any atom is -0.494 e. The molecule has 2 saturated heterocycles. The molecule has 4 rings (SSSR count). The molecule has 0 amide bonds. The fraction of sp³-hybridized carbons (Fsp3) is 0.600. The van der Waals surface area contributed by atoms with Crippen LogP contribution in [0.2, 0.25) is 0 Å². The van der Waals surface area contributed by atoms with Crippen molar-refractivity contribution in [3.8, 4) is 5.75 Å². The maximum atomic E-state index is 11.6. The zero-order valence-electron chi connectivity index (χ0n) is 16.5. The number of nitrogens with zero attached hydrogens (tertiary/aromatic N) is 3. The molecule has 1 N–H and O–H groups in total. The van der Waals surface area contributed by atoms with E-state index in [1.807, 2.05) is 32.0 Å². The molecule has 0 radical (unpaired) electrons. The van der Waals surface area contributed by atoms with Gasteiger partial charge in [-0.05, 0) is 51.3 Å². The van der Waals surface area contributed by atoms with E-state index in [0.29, 0.717) is 18.4 Å². The molecule has 152 valence electrons. The third kappa shape index (κ3) is 4.22. The molecule has 8 heteroatoms. The van der Waals surface area contributed by atoms with Gasteiger partial charge >= 0.3 is 0 Å². The van der Waals surface area contributed by atoms with E-state index in [0.717, 1.165) is 60.6 Å². The van der Waals surface area contributed by atoms with Crippen molar-refractivity contribution in [3.63, 3.8) is 0 Å². The first-order chi connectivity index (χ1) is 13.4. The summed E-state index contributed by atoms with van der Waals surface area (Å²) in [5.41, 5.74) is 1.89. The molecule has 28 heavy (non-hydrogen) atoms.